The number of hydrogen-bond acceptors (Lipinski definition) is 9. The minimum Gasteiger partial charge on any atom is -0.497 e. The van der Waals surface area contributed by atoms with Gasteiger partial charge in [0.15, 0.2) is 0 Å². The van der Waals surface area contributed by atoms with E-state index in [1.54, 1.807) is 33.3 Å². The minimum absolute atomic E-state index is 0.0318. The number of aliphatic hydroxyl groups excluding tert-OH is 1. The summed E-state index contributed by atoms with van der Waals surface area (Å²) in [5.41, 5.74) is 1.68. The zero-order chi connectivity index (χ0) is 36.6. The monoisotopic (exact) mass is 728 g/mol. The first-order valence-electron chi connectivity index (χ1n) is 17.0. The summed E-state index contributed by atoms with van der Waals surface area (Å²) < 4.78 is 34.2. The molecule has 0 bridgehead atoms. The Bertz CT molecular complexity index is 1650. The van der Waals surface area contributed by atoms with Crippen LogP contribution in [0.4, 0.5) is 4.79 Å². The lowest BCUT2D eigenvalue weighted by atomic mass is 9.97. The van der Waals surface area contributed by atoms with Crippen molar-refractivity contribution < 1.29 is 27.9 Å². The van der Waals surface area contributed by atoms with Crippen molar-refractivity contribution in [2.75, 3.05) is 47.4 Å². The molecule has 3 amide bonds. The molecule has 1 aromatic heterocycles. The summed E-state index contributed by atoms with van der Waals surface area (Å²) in [6.45, 7) is 9.44. The summed E-state index contributed by atoms with van der Waals surface area (Å²) in [4.78, 5) is 37.9. The van der Waals surface area contributed by atoms with E-state index < -0.39 is 34.1 Å². The third-order valence-corrected chi connectivity index (χ3v) is 11.2. The van der Waals surface area contributed by atoms with Crippen molar-refractivity contribution in [1.82, 2.24) is 29.3 Å². The van der Waals surface area contributed by atoms with Gasteiger partial charge in [-0.25, -0.2) is 18.2 Å². The number of sulfonamides is 1. The van der Waals surface area contributed by atoms with Crippen molar-refractivity contribution in [3.8, 4) is 5.75 Å². The van der Waals surface area contributed by atoms with Crippen LogP contribution in [0.2, 0.25) is 0 Å². The summed E-state index contributed by atoms with van der Waals surface area (Å²) in [5, 5.41) is 17.7. The van der Waals surface area contributed by atoms with Crippen LogP contribution < -0.4 is 10.1 Å². The Morgan fingerprint density at radius 2 is 1.72 bits per heavy atom. The van der Waals surface area contributed by atoms with E-state index in [2.05, 4.69) is 10.3 Å². The molecule has 1 unspecified atom stereocenters. The maximum atomic E-state index is 14.1. The van der Waals surface area contributed by atoms with Crippen LogP contribution in [-0.4, -0.2) is 115 Å². The first kappa shape index (κ1) is 39.2. The van der Waals surface area contributed by atoms with E-state index >= 15 is 0 Å². The largest absolute Gasteiger partial charge is 0.497 e. The molecule has 0 radical (unpaired) electrons. The van der Waals surface area contributed by atoms with Gasteiger partial charge in [0.1, 0.15) is 16.8 Å². The highest BCUT2D eigenvalue weighted by atomic mass is 32.2. The van der Waals surface area contributed by atoms with Gasteiger partial charge in [-0.15, -0.1) is 11.3 Å². The van der Waals surface area contributed by atoms with Crippen molar-refractivity contribution in [3.63, 3.8) is 0 Å². The molecular weight excluding hydrogens is 677 g/mol. The second kappa shape index (κ2) is 17.6. The smallest absolute Gasteiger partial charge is 0.321 e. The summed E-state index contributed by atoms with van der Waals surface area (Å²) in [7, 11) is 1.48. The number of aromatic nitrogens is 1. The van der Waals surface area contributed by atoms with Crippen molar-refractivity contribution in [2.24, 2.45) is 11.8 Å². The van der Waals surface area contributed by atoms with Crippen LogP contribution in [-0.2, 0) is 34.3 Å². The molecular formula is C36H52N6O6S2. The summed E-state index contributed by atoms with van der Waals surface area (Å²) in [6.07, 6.45) is -0.999. The maximum absolute atomic E-state index is 14.1. The standard InChI is InChI=1S/C36H52N6O6S2/c1-25(2)20-41(50(46,47)30-15-13-29(48-7)14-16-30)22-32(43)31(19-27-11-9-8-10-12-27)38-35(44)34(26(3)4)42-18-17-40(36(42)45)21-28-24-49-33(37-28)23-39(5)6/h8-16,24-26,31-32,34,43H,17-23H2,1-7H3,(H,38,44)/t31-,32+,34?/m0/s1. The number of hydrogen-bond donors (Lipinski definition) is 2. The fourth-order valence-electron chi connectivity index (χ4n) is 6.10. The number of nitrogens with zero attached hydrogens (tertiary/aromatic N) is 5. The summed E-state index contributed by atoms with van der Waals surface area (Å²) >= 11 is 1.56. The fourth-order valence-corrected chi connectivity index (χ4v) is 8.62. The van der Waals surface area contributed by atoms with Gasteiger partial charge in [0, 0.05) is 38.1 Å². The Kier molecular flexibility index (Phi) is 13.8. The molecule has 0 spiro atoms. The van der Waals surface area contributed by atoms with E-state index in [0.29, 0.717) is 25.4 Å². The van der Waals surface area contributed by atoms with Crippen LogP contribution in [0.5, 0.6) is 5.75 Å². The topological polar surface area (TPSA) is 136 Å². The van der Waals surface area contributed by atoms with Gasteiger partial charge in [-0.3, -0.25) is 4.79 Å². The van der Waals surface area contributed by atoms with Crippen LogP contribution in [0.3, 0.4) is 0 Å². The van der Waals surface area contributed by atoms with Gasteiger partial charge in [0.05, 0.1) is 36.4 Å². The Morgan fingerprint density at radius 1 is 1.04 bits per heavy atom. The third kappa shape index (κ3) is 10.3. The van der Waals surface area contributed by atoms with E-state index in [9.17, 15) is 23.1 Å². The Hall–Kier alpha value is -3.56. The van der Waals surface area contributed by atoms with Gasteiger partial charge in [-0.1, -0.05) is 58.0 Å². The van der Waals surface area contributed by atoms with Crippen molar-refractivity contribution >= 4 is 33.3 Å². The van der Waals surface area contributed by atoms with E-state index in [0.717, 1.165) is 22.8 Å². The SMILES string of the molecule is COc1ccc(S(=O)(=O)N(CC(C)C)C[C@@H](O)[C@H](Cc2ccccc2)NC(=O)C(C(C)C)N2CCN(Cc3csc(CN(C)C)n3)C2=O)cc1. The van der Waals surface area contributed by atoms with E-state index in [4.69, 9.17) is 4.74 Å². The predicted molar refractivity (Wildman–Crippen MR) is 195 cm³/mol. The molecule has 2 N–H and O–H groups in total. The number of methoxy groups -OCH3 is 1. The highest BCUT2D eigenvalue weighted by Crippen LogP contribution is 2.24. The first-order valence-corrected chi connectivity index (χ1v) is 19.3. The lowest BCUT2D eigenvalue weighted by molar-refractivity contribution is -0.128. The highest BCUT2D eigenvalue weighted by Gasteiger charge is 2.40. The fraction of sp³-hybridized carbons (Fsp3) is 0.528. The van der Waals surface area contributed by atoms with Gasteiger partial charge < -0.3 is 29.9 Å². The lowest BCUT2D eigenvalue weighted by Crippen LogP contribution is -2.57. The molecule has 12 nitrogen and oxygen atoms in total. The van der Waals surface area contributed by atoms with Gasteiger partial charge in [0.2, 0.25) is 15.9 Å². The van der Waals surface area contributed by atoms with Crippen molar-refractivity contribution in [2.45, 2.75) is 70.3 Å². The third-order valence-electron chi connectivity index (χ3n) is 8.51. The quantitative estimate of drug-likeness (QED) is 0.202. The second-order valence-electron chi connectivity index (χ2n) is 13.8. The summed E-state index contributed by atoms with van der Waals surface area (Å²) in [5.74, 6) is -0.130. The molecule has 0 aliphatic carbocycles. The molecule has 4 rings (SSSR count). The average molecular weight is 729 g/mol. The number of carbonyl (C=O) groups excluding carboxylic acids is 2. The van der Waals surface area contributed by atoms with Gasteiger partial charge >= 0.3 is 6.03 Å². The number of aliphatic hydroxyl groups is 1. The molecule has 3 atom stereocenters. The lowest BCUT2D eigenvalue weighted by Gasteiger charge is -2.34. The van der Waals surface area contributed by atoms with Crippen molar-refractivity contribution in [3.05, 3.63) is 76.2 Å². The average Bonchev–Trinajstić information content (AvgIpc) is 3.65. The molecule has 14 heteroatoms. The number of nitrogens with one attached hydrogen (secondary N) is 1. The Morgan fingerprint density at radius 3 is 2.32 bits per heavy atom. The van der Waals surface area contributed by atoms with E-state index in [1.807, 2.05) is 82.4 Å². The first-order chi connectivity index (χ1) is 23.7. The number of ether oxygens (including phenoxy) is 1. The number of amides is 3. The van der Waals surface area contributed by atoms with E-state index in [-0.39, 0.29) is 42.3 Å². The predicted octanol–water partition coefficient (Wildman–Crippen LogP) is 3.91. The Labute approximate surface area is 301 Å². The number of rotatable bonds is 18. The molecule has 1 fully saturated rings. The number of benzene rings is 2. The summed E-state index contributed by atoms with van der Waals surface area (Å²) in [6, 6.07) is 13.7. The molecule has 50 heavy (non-hydrogen) atoms. The van der Waals surface area contributed by atoms with Crippen LogP contribution in [0.15, 0.2) is 64.9 Å². The van der Waals surface area contributed by atoms with Crippen LogP contribution in [0.1, 0.15) is 44.0 Å². The molecule has 3 aromatic rings. The van der Waals surface area contributed by atoms with Crippen molar-refractivity contribution in [1.29, 1.82) is 0 Å². The number of thiazole rings is 1. The molecule has 1 aliphatic heterocycles. The molecule has 2 aromatic carbocycles. The van der Waals surface area contributed by atoms with Gasteiger partial charge in [-0.05, 0) is 62.2 Å². The second-order valence-corrected chi connectivity index (χ2v) is 16.7. The van der Waals surface area contributed by atoms with Crippen LogP contribution in [0, 0.1) is 11.8 Å². The highest BCUT2D eigenvalue weighted by molar-refractivity contribution is 7.89. The van der Waals surface area contributed by atoms with E-state index in [1.165, 1.54) is 23.5 Å². The van der Waals surface area contributed by atoms with Crippen LogP contribution >= 0.6 is 11.3 Å². The van der Waals surface area contributed by atoms with Crippen LogP contribution in [0.25, 0.3) is 0 Å². The molecule has 1 saturated heterocycles. The van der Waals surface area contributed by atoms with Gasteiger partial charge in [-0.2, -0.15) is 4.31 Å². The number of urea groups is 1. The maximum Gasteiger partial charge on any atom is 0.321 e. The normalized spacial score (nSPS) is 15.7. The Balaban J connectivity index is 1.54. The zero-order valence-corrected chi connectivity index (χ0v) is 31.8. The molecule has 274 valence electrons. The zero-order valence-electron chi connectivity index (χ0n) is 30.2. The minimum atomic E-state index is -4.00. The molecule has 0 saturated carbocycles. The number of carbonyl (C=O) groups is 2. The molecule has 2 heterocycles. The van der Waals surface area contributed by atoms with Gasteiger partial charge in [0.25, 0.3) is 0 Å². The molecule has 1 aliphatic rings.